The quantitative estimate of drug-likeness (QED) is 0.547. The summed E-state index contributed by atoms with van der Waals surface area (Å²) in [7, 11) is -1.97. The number of carbonyl (C=O) groups is 1. The Morgan fingerprint density at radius 1 is 1.33 bits per heavy atom. The largest absolute Gasteiger partial charge is 0.543 e. The van der Waals surface area contributed by atoms with Crippen molar-refractivity contribution in [3.05, 3.63) is 27.2 Å². The van der Waals surface area contributed by atoms with E-state index in [1.807, 2.05) is 0 Å². The van der Waals surface area contributed by atoms with Gasteiger partial charge in [0.05, 0.1) is 10.6 Å². The zero-order chi connectivity index (χ0) is 14.1. The van der Waals surface area contributed by atoms with E-state index in [9.17, 15) is 4.79 Å². The predicted octanol–water partition coefficient (Wildman–Crippen LogP) is 5.30. The smallest absolute Gasteiger partial charge is 0.250 e. The van der Waals surface area contributed by atoms with E-state index in [0.29, 0.717) is 20.8 Å². The number of hydrogen-bond donors (Lipinski definition) is 0. The van der Waals surface area contributed by atoms with E-state index in [4.69, 9.17) is 16.0 Å². The maximum absolute atomic E-state index is 11.2. The minimum atomic E-state index is -1.97. The highest BCUT2D eigenvalue weighted by atomic mass is 79.9. The molecule has 0 aliphatic heterocycles. The lowest BCUT2D eigenvalue weighted by Gasteiger charge is -2.36. The molecule has 1 aromatic carbocycles. The van der Waals surface area contributed by atoms with Crippen molar-refractivity contribution in [1.82, 2.24) is 0 Å². The third-order valence-electron chi connectivity index (χ3n) is 3.38. The third kappa shape index (κ3) is 3.16. The summed E-state index contributed by atoms with van der Waals surface area (Å²) in [5, 5.41) is 0.480. The highest BCUT2D eigenvalue weighted by molar-refractivity contribution is 9.10. The van der Waals surface area contributed by atoms with Crippen LogP contribution >= 0.6 is 27.5 Å². The molecular formula is C13H18BrClO2Si. The molecule has 0 N–H and O–H groups in total. The molecule has 1 aromatic rings. The molecule has 0 amide bonds. The van der Waals surface area contributed by atoms with E-state index in [1.165, 1.54) is 0 Å². The molecule has 100 valence electrons. The molecule has 0 bridgehead atoms. The maximum Gasteiger partial charge on any atom is 0.250 e. The molecule has 2 nitrogen and oxygen atoms in total. The zero-order valence-corrected chi connectivity index (χ0v) is 14.6. The molecular weight excluding hydrogens is 332 g/mol. The Hall–Kier alpha value is -0.323. The van der Waals surface area contributed by atoms with Gasteiger partial charge in [-0.25, -0.2) is 0 Å². The van der Waals surface area contributed by atoms with Gasteiger partial charge in [-0.15, -0.1) is 0 Å². The van der Waals surface area contributed by atoms with Crippen LogP contribution in [0.2, 0.25) is 23.2 Å². The Labute approximate surface area is 123 Å². The van der Waals surface area contributed by atoms with Crippen molar-refractivity contribution in [1.29, 1.82) is 0 Å². The molecule has 5 heteroatoms. The molecule has 0 spiro atoms. The topological polar surface area (TPSA) is 26.3 Å². The van der Waals surface area contributed by atoms with Crippen LogP contribution in [0.15, 0.2) is 16.6 Å². The third-order valence-corrected chi connectivity index (χ3v) is 9.02. The molecule has 0 aliphatic rings. The highest BCUT2D eigenvalue weighted by Crippen LogP contribution is 2.40. The second kappa shape index (κ2) is 5.35. The molecule has 1 rings (SSSR count). The molecule has 0 saturated heterocycles. The molecule has 0 unspecified atom stereocenters. The molecule has 18 heavy (non-hydrogen) atoms. The van der Waals surface area contributed by atoms with Crippen molar-refractivity contribution >= 4 is 42.1 Å². The monoisotopic (exact) mass is 348 g/mol. The van der Waals surface area contributed by atoms with Crippen molar-refractivity contribution in [3.63, 3.8) is 0 Å². The summed E-state index contributed by atoms with van der Waals surface area (Å²) in [5.74, 6) is 0.574. The molecule has 0 aliphatic carbocycles. The van der Waals surface area contributed by atoms with E-state index in [-0.39, 0.29) is 5.04 Å². The summed E-state index contributed by atoms with van der Waals surface area (Å²) in [5.41, 5.74) is 0.413. The van der Waals surface area contributed by atoms with Crippen LogP contribution in [0.3, 0.4) is 0 Å². The summed E-state index contributed by atoms with van der Waals surface area (Å²) >= 11 is 9.40. The first-order valence-corrected chi connectivity index (χ1v) is 9.80. The Kier molecular flexibility index (Phi) is 4.68. The van der Waals surface area contributed by atoms with E-state index in [2.05, 4.69) is 49.8 Å². The van der Waals surface area contributed by atoms with Gasteiger partial charge in [-0.2, -0.15) is 0 Å². The normalized spacial score (nSPS) is 12.4. The average molecular weight is 350 g/mol. The van der Waals surface area contributed by atoms with Gasteiger partial charge in [-0.3, -0.25) is 4.79 Å². The molecule has 0 aromatic heterocycles. The minimum Gasteiger partial charge on any atom is -0.543 e. The summed E-state index contributed by atoms with van der Waals surface area (Å²) in [4.78, 5) is 11.2. The molecule has 0 atom stereocenters. The van der Waals surface area contributed by atoms with E-state index in [0.717, 1.165) is 6.29 Å². The van der Waals surface area contributed by atoms with Crippen LogP contribution in [0.25, 0.3) is 0 Å². The lowest BCUT2D eigenvalue weighted by molar-refractivity contribution is 0.112. The number of hydrogen-bond acceptors (Lipinski definition) is 2. The number of benzene rings is 1. The average Bonchev–Trinajstić information content (AvgIpc) is 2.22. The first-order valence-electron chi connectivity index (χ1n) is 5.72. The van der Waals surface area contributed by atoms with E-state index < -0.39 is 8.32 Å². The predicted molar refractivity (Wildman–Crippen MR) is 82.4 cm³/mol. The summed E-state index contributed by atoms with van der Waals surface area (Å²) in [6.07, 6.45) is 0.746. The highest BCUT2D eigenvalue weighted by Gasteiger charge is 2.39. The van der Waals surface area contributed by atoms with Crippen LogP contribution in [0.1, 0.15) is 31.1 Å². The second-order valence-corrected chi connectivity index (χ2v) is 11.7. The van der Waals surface area contributed by atoms with Gasteiger partial charge in [0.1, 0.15) is 5.75 Å². The van der Waals surface area contributed by atoms with Crippen LogP contribution < -0.4 is 4.43 Å². The number of halogens is 2. The first kappa shape index (κ1) is 15.7. The fourth-order valence-electron chi connectivity index (χ4n) is 1.18. The fraction of sp³-hybridized carbons (Fsp3) is 0.462. The van der Waals surface area contributed by atoms with Crippen LogP contribution in [-0.2, 0) is 0 Å². The summed E-state index contributed by atoms with van der Waals surface area (Å²) in [6.45, 7) is 10.7. The van der Waals surface area contributed by atoms with Crippen LogP contribution in [0.4, 0.5) is 0 Å². The minimum absolute atomic E-state index is 0.0761. The fourth-order valence-corrected chi connectivity index (χ4v) is 2.76. The molecule has 0 heterocycles. The van der Waals surface area contributed by atoms with Gasteiger partial charge in [0.15, 0.2) is 6.29 Å². The second-order valence-electron chi connectivity index (χ2n) is 5.75. The van der Waals surface area contributed by atoms with Gasteiger partial charge < -0.3 is 4.43 Å². The number of carbonyl (C=O) groups excluding carboxylic acids is 1. The Bertz CT molecular complexity index is 467. The number of aldehydes is 1. The van der Waals surface area contributed by atoms with Crippen LogP contribution in [-0.4, -0.2) is 14.6 Å². The molecule has 0 fully saturated rings. The van der Waals surface area contributed by atoms with Gasteiger partial charge in [-0.1, -0.05) is 32.4 Å². The van der Waals surface area contributed by atoms with Crippen molar-refractivity contribution in [2.24, 2.45) is 0 Å². The van der Waals surface area contributed by atoms with Gasteiger partial charge >= 0.3 is 0 Å². The molecule has 0 radical (unpaired) electrons. The SMILES string of the molecule is CC(C)(C)[Si](C)(C)Oc1ccc(Br)c(Cl)c1C=O. The van der Waals surface area contributed by atoms with Crippen LogP contribution in [0, 0.1) is 0 Å². The lowest BCUT2D eigenvalue weighted by Crippen LogP contribution is -2.44. The zero-order valence-electron chi connectivity index (χ0n) is 11.3. The van der Waals surface area contributed by atoms with E-state index in [1.54, 1.807) is 12.1 Å². The van der Waals surface area contributed by atoms with Gasteiger partial charge in [0.25, 0.3) is 8.32 Å². The number of rotatable bonds is 3. The first-order chi connectivity index (χ1) is 8.10. The summed E-state index contributed by atoms with van der Waals surface area (Å²) < 4.78 is 6.83. The Morgan fingerprint density at radius 3 is 2.33 bits per heavy atom. The van der Waals surface area contributed by atoms with Gasteiger partial charge in [0.2, 0.25) is 0 Å². The Balaban J connectivity index is 3.21. The lowest BCUT2D eigenvalue weighted by atomic mass is 10.2. The van der Waals surface area contributed by atoms with Crippen LogP contribution in [0.5, 0.6) is 5.75 Å². The van der Waals surface area contributed by atoms with Gasteiger partial charge in [0, 0.05) is 4.47 Å². The summed E-state index contributed by atoms with van der Waals surface area (Å²) in [6, 6.07) is 3.60. The molecule has 0 saturated carbocycles. The standard InChI is InChI=1S/C13H18BrClO2Si/c1-13(2,3)18(4,5)17-11-7-6-10(14)12(15)9(11)8-16/h6-8H,1-5H3. The van der Waals surface area contributed by atoms with Crippen molar-refractivity contribution in [2.75, 3.05) is 0 Å². The van der Waals surface area contributed by atoms with Crippen molar-refractivity contribution in [3.8, 4) is 5.75 Å². The van der Waals surface area contributed by atoms with Crippen molar-refractivity contribution < 1.29 is 9.22 Å². The maximum atomic E-state index is 11.2. The Morgan fingerprint density at radius 2 is 1.89 bits per heavy atom. The van der Waals surface area contributed by atoms with Gasteiger partial charge in [-0.05, 0) is 46.2 Å². The van der Waals surface area contributed by atoms with Crippen molar-refractivity contribution in [2.45, 2.75) is 38.9 Å². The van der Waals surface area contributed by atoms with E-state index >= 15 is 0 Å².